The van der Waals surface area contributed by atoms with Crippen molar-refractivity contribution < 1.29 is 18.3 Å². The summed E-state index contributed by atoms with van der Waals surface area (Å²) < 4.78 is 30.1. The van der Waals surface area contributed by atoms with E-state index < -0.39 is 10.0 Å². The van der Waals surface area contributed by atoms with E-state index in [2.05, 4.69) is 0 Å². The molecule has 124 valence electrons. The largest absolute Gasteiger partial charge is 0.508 e. The van der Waals surface area contributed by atoms with Crippen LogP contribution in [0.15, 0.2) is 12.1 Å². The molecule has 0 spiro atoms. The van der Waals surface area contributed by atoms with Crippen LogP contribution in [0.3, 0.4) is 0 Å². The molecule has 1 aromatic carbocycles. The molecule has 0 radical (unpaired) electrons. The van der Waals surface area contributed by atoms with Crippen LogP contribution in [-0.2, 0) is 10.0 Å². The lowest BCUT2D eigenvalue weighted by molar-refractivity contribution is 0.379. The summed E-state index contributed by atoms with van der Waals surface area (Å²) >= 11 is 0. The molecule has 0 saturated carbocycles. The fourth-order valence-corrected chi connectivity index (χ4v) is 3.53. The van der Waals surface area contributed by atoms with Crippen molar-refractivity contribution in [3.8, 4) is 11.5 Å². The third-order valence-corrected chi connectivity index (χ3v) is 5.30. The first kappa shape index (κ1) is 16.9. The minimum atomic E-state index is -3.15. The van der Waals surface area contributed by atoms with Crippen molar-refractivity contribution in [2.45, 2.75) is 19.8 Å². The van der Waals surface area contributed by atoms with E-state index in [0.29, 0.717) is 31.9 Å². The maximum atomic E-state index is 11.6. The molecule has 0 atom stereocenters. The van der Waals surface area contributed by atoms with Crippen molar-refractivity contribution >= 4 is 15.7 Å². The minimum Gasteiger partial charge on any atom is -0.508 e. The predicted octanol–water partition coefficient (Wildman–Crippen LogP) is 1.61. The lowest BCUT2D eigenvalue weighted by Gasteiger charge is -2.35. The summed E-state index contributed by atoms with van der Waals surface area (Å²) in [4.78, 5) is 2.05. The summed E-state index contributed by atoms with van der Waals surface area (Å²) in [6.07, 6.45) is 1.23. The normalized spacial score (nSPS) is 17.0. The van der Waals surface area contributed by atoms with Crippen molar-refractivity contribution in [3.63, 3.8) is 0 Å². The van der Waals surface area contributed by atoms with Crippen molar-refractivity contribution in [2.75, 3.05) is 44.4 Å². The van der Waals surface area contributed by atoms with Gasteiger partial charge in [0.25, 0.3) is 0 Å². The maximum absolute atomic E-state index is 11.6. The van der Waals surface area contributed by atoms with Gasteiger partial charge in [-0.3, -0.25) is 0 Å². The number of hydrogen-bond acceptors (Lipinski definition) is 5. The average molecular weight is 328 g/mol. The van der Waals surface area contributed by atoms with Gasteiger partial charge in [-0.2, -0.15) is 4.31 Å². The third-order valence-electron chi connectivity index (χ3n) is 4.00. The van der Waals surface area contributed by atoms with Crippen LogP contribution in [0.25, 0.3) is 0 Å². The van der Waals surface area contributed by atoms with E-state index in [-0.39, 0.29) is 11.7 Å². The molecule has 0 aromatic heterocycles. The summed E-state index contributed by atoms with van der Waals surface area (Å²) in [5.41, 5.74) is 1.65. The lowest BCUT2D eigenvalue weighted by atomic mass is 10.0. The van der Waals surface area contributed by atoms with Crippen molar-refractivity contribution in [3.05, 3.63) is 17.7 Å². The van der Waals surface area contributed by atoms with Crippen LogP contribution in [0.1, 0.15) is 25.3 Å². The molecule has 1 aliphatic rings. The van der Waals surface area contributed by atoms with Gasteiger partial charge in [0.05, 0.1) is 19.1 Å². The van der Waals surface area contributed by atoms with Gasteiger partial charge in [-0.15, -0.1) is 0 Å². The monoisotopic (exact) mass is 328 g/mol. The number of phenols is 1. The fourth-order valence-electron chi connectivity index (χ4n) is 2.71. The second-order valence-corrected chi connectivity index (χ2v) is 7.87. The topological polar surface area (TPSA) is 70.1 Å². The van der Waals surface area contributed by atoms with E-state index in [1.165, 1.54) is 10.6 Å². The Balaban J connectivity index is 2.25. The summed E-state index contributed by atoms with van der Waals surface area (Å²) in [5.74, 6) is 1.15. The molecule has 0 amide bonds. The zero-order valence-corrected chi connectivity index (χ0v) is 14.4. The molecule has 6 nitrogen and oxygen atoms in total. The summed E-state index contributed by atoms with van der Waals surface area (Å²) in [5, 5.41) is 10.2. The number of aromatic hydroxyl groups is 1. The van der Waals surface area contributed by atoms with Gasteiger partial charge in [0.1, 0.15) is 11.5 Å². The van der Waals surface area contributed by atoms with Gasteiger partial charge in [-0.05, 0) is 12.0 Å². The highest BCUT2D eigenvalue weighted by atomic mass is 32.2. The van der Waals surface area contributed by atoms with Crippen LogP contribution < -0.4 is 9.64 Å². The van der Waals surface area contributed by atoms with Crippen LogP contribution in [0.4, 0.5) is 5.69 Å². The minimum absolute atomic E-state index is 0.199. The summed E-state index contributed by atoms with van der Waals surface area (Å²) in [6, 6.07) is 3.57. The van der Waals surface area contributed by atoms with E-state index in [0.717, 1.165) is 11.3 Å². The average Bonchev–Trinajstić information content (AvgIpc) is 2.46. The van der Waals surface area contributed by atoms with E-state index in [1.807, 2.05) is 24.8 Å². The molecular weight excluding hydrogens is 304 g/mol. The zero-order chi connectivity index (χ0) is 16.5. The van der Waals surface area contributed by atoms with Crippen molar-refractivity contribution in [1.29, 1.82) is 0 Å². The Labute approximate surface area is 132 Å². The molecule has 1 aromatic rings. The molecule has 1 N–H and O–H groups in total. The van der Waals surface area contributed by atoms with Crippen LogP contribution >= 0.6 is 0 Å². The number of benzene rings is 1. The van der Waals surface area contributed by atoms with Gasteiger partial charge in [-0.1, -0.05) is 13.8 Å². The van der Waals surface area contributed by atoms with Crippen LogP contribution in [0, 0.1) is 0 Å². The molecule has 7 heteroatoms. The number of nitrogens with zero attached hydrogens (tertiary/aromatic N) is 2. The molecule has 1 aliphatic heterocycles. The molecule has 0 aliphatic carbocycles. The van der Waals surface area contributed by atoms with Gasteiger partial charge in [0.15, 0.2) is 0 Å². The Morgan fingerprint density at radius 1 is 1.18 bits per heavy atom. The molecule has 1 fully saturated rings. The number of hydrogen-bond donors (Lipinski definition) is 1. The van der Waals surface area contributed by atoms with E-state index in [9.17, 15) is 13.5 Å². The van der Waals surface area contributed by atoms with Gasteiger partial charge in [-0.25, -0.2) is 8.42 Å². The first-order valence-electron chi connectivity index (χ1n) is 7.35. The Morgan fingerprint density at radius 2 is 1.77 bits per heavy atom. The first-order valence-corrected chi connectivity index (χ1v) is 9.20. The van der Waals surface area contributed by atoms with Gasteiger partial charge >= 0.3 is 0 Å². The molecular formula is C15H24N2O4S. The molecule has 22 heavy (non-hydrogen) atoms. The van der Waals surface area contributed by atoms with Crippen LogP contribution in [0.2, 0.25) is 0 Å². The Bertz CT molecular complexity index is 635. The number of piperazine rings is 1. The predicted molar refractivity (Wildman–Crippen MR) is 87.4 cm³/mol. The maximum Gasteiger partial charge on any atom is 0.211 e. The van der Waals surface area contributed by atoms with Crippen molar-refractivity contribution in [2.24, 2.45) is 0 Å². The van der Waals surface area contributed by atoms with E-state index in [4.69, 9.17) is 4.74 Å². The van der Waals surface area contributed by atoms with E-state index in [1.54, 1.807) is 13.2 Å². The Kier molecular flexibility index (Phi) is 4.87. The number of sulfonamides is 1. The SMILES string of the molecule is COc1cc(C(C)C)c(O)cc1N1CCN(S(C)(=O)=O)CC1. The second kappa shape index (κ2) is 6.34. The Hall–Kier alpha value is -1.47. The van der Waals surface area contributed by atoms with Crippen LogP contribution in [0.5, 0.6) is 11.5 Å². The van der Waals surface area contributed by atoms with Gasteiger partial charge in [0.2, 0.25) is 10.0 Å². The molecule has 0 bridgehead atoms. The quantitative estimate of drug-likeness (QED) is 0.909. The fraction of sp³-hybridized carbons (Fsp3) is 0.600. The van der Waals surface area contributed by atoms with Crippen molar-refractivity contribution in [1.82, 2.24) is 4.31 Å². The highest BCUT2D eigenvalue weighted by Crippen LogP contribution is 2.38. The first-order chi connectivity index (χ1) is 10.2. The van der Waals surface area contributed by atoms with E-state index >= 15 is 0 Å². The second-order valence-electron chi connectivity index (χ2n) is 5.89. The van der Waals surface area contributed by atoms with Crippen LogP contribution in [-0.4, -0.2) is 57.4 Å². The molecule has 1 heterocycles. The number of ether oxygens (including phenoxy) is 1. The number of methoxy groups -OCH3 is 1. The zero-order valence-electron chi connectivity index (χ0n) is 13.5. The Morgan fingerprint density at radius 3 is 2.23 bits per heavy atom. The van der Waals surface area contributed by atoms with Gasteiger partial charge < -0.3 is 14.7 Å². The summed E-state index contributed by atoms with van der Waals surface area (Å²) in [7, 11) is -1.54. The molecule has 1 saturated heterocycles. The number of anilines is 1. The number of rotatable bonds is 4. The third kappa shape index (κ3) is 3.47. The smallest absolute Gasteiger partial charge is 0.211 e. The van der Waals surface area contributed by atoms with Gasteiger partial charge in [0, 0.05) is 37.8 Å². The highest BCUT2D eigenvalue weighted by Gasteiger charge is 2.25. The highest BCUT2D eigenvalue weighted by molar-refractivity contribution is 7.88. The standard InChI is InChI=1S/C15H24N2O4S/c1-11(2)12-9-15(21-3)13(10-14(12)18)16-5-7-17(8-6-16)22(4,19)20/h9-11,18H,5-8H2,1-4H3. The lowest BCUT2D eigenvalue weighted by Crippen LogP contribution is -2.48. The summed E-state index contributed by atoms with van der Waals surface area (Å²) in [6.45, 7) is 6.05. The molecule has 2 rings (SSSR count). The number of phenolic OH excluding ortho intramolecular Hbond substituents is 1. The molecule has 0 unspecified atom stereocenters.